The molecule has 0 saturated carbocycles. The van der Waals surface area contributed by atoms with Gasteiger partial charge in [-0.05, 0) is 12.1 Å². The number of benzene rings is 1. The Morgan fingerprint density at radius 1 is 1.23 bits per heavy atom. The standard InChI is InChI=1S/C9H11ClO3/c1-11-6-13-9-5-7(10)3-4-8(9)12-2/h3-5H,6H2,1-2H3. The Balaban J connectivity index is 2.81. The summed E-state index contributed by atoms with van der Waals surface area (Å²) >= 11 is 5.78. The van der Waals surface area contributed by atoms with Crippen LogP contribution in [0.25, 0.3) is 0 Å². The summed E-state index contributed by atoms with van der Waals surface area (Å²) in [7, 11) is 3.12. The molecule has 1 aromatic rings. The maximum atomic E-state index is 5.78. The predicted molar refractivity (Wildman–Crippen MR) is 50.5 cm³/mol. The van der Waals surface area contributed by atoms with E-state index in [2.05, 4.69) is 0 Å². The molecule has 1 aromatic carbocycles. The average molecular weight is 203 g/mol. The summed E-state index contributed by atoms with van der Waals surface area (Å²) < 4.78 is 15.0. The molecule has 0 aliphatic carbocycles. The van der Waals surface area contributed by atoms with Gasteiger partial charge in [0.05, 0.1) is 7.11 Å². The van der Waals surface area contributed by atoms with Crippen molar-refractivity contribution in [1.82, 2.24) is 0 Å². The van der Waals surface area contributed by atoms with Crippen LogP contribution in [0.1, 0.15) is 0 Å². The summed E-state index contributed by atoms with van der Waals surface area (Å²) in [6, 6.07) is 5.16. The van der Waals surface area contributed by atoms with Gasteiger partial charge in [-0.1, -0.05) is 11.6 Å². The van der Waals surface area contributed by atoms with E-state index in [0.29, 0.717) is 16.5 Å². The average Bonchev–Trinajstić information content (AvgIpc) is 2.15. The van der Waals surface area contributed by atoms with Crippen LogP contribution >= 0.6 is 11.6 Å². The largest absolute Gasteiger partial charge is 0.493 e. The summed E-state index contributed by atoms with van der Waals surface area (Å²) in [5.41, 5.74) is 0. The minimum atomic E-state index is 0.177. The Bertz CT molecular complexity index is 276. The highest BCUT2D eigenvalue weighted by Gasteiger charge is 2.03. The number of methoxy groups -OCH3 is 2. The lowest BCUT2D eigenvalue weighted by Gasteiger charge is -2.09. The molecule has 0 fully saturated rings. The van der Waals surface area contributed by atoms with Crippen LogP contribution in [0.2, 0.25) is 5.02 Å². The van der Waals surface area contributed by atoms with Crippen LogP contribution in [0.15, 0.2) is 18.2 Å². The summed E-state index contributed by atoms with van der Waals surface area (Å²) in [5.74, 6) is 1.22. The Labute approximate surface area is 82.2 Å². The van der Waals surface area contributed by atoms with Gasteiger partial charge in [-0.25, -0.2) is 0 Å². The minimum Gasteiger partial charge on any atom is -0.493 e. The fourth-order valence-corrected chi connectivity index (χ4v) is 1.05. The molecule has 72 valence electrons. The minimum absolute atomic E-state index is 0.177. The van der Waals surface area contributed by atoms with E-state index in [1.165, 1.54) is 0 Å². The van der Waals surface area contributed by atoms with Crippen LogP contribution in [-0.4, -0.2) is 21.0 Å². The van der Waals surface area contributed by atoms with Crippen LogP contribution in [0.3, 0.4) is 0 Å². The number of ether oxygens (including phenoxy) is 3. The zero-order chi connectivity index (χ0) is 9.68. The quantitative estimate of drug-likeness (QED) is 0.702. The van der Waals surface area contributed by atoms with Crippen molar-refractivity contribution in [2.45, 2.75) is 0 Å². The molecule has 0 bridgehead atoms. The van der Waals surface area contributed by atoms with Gasteiger partial charge in [0.25, 0.3) is 0 Å². The van der Waals surface area contributed by atoms with Crippen LogP contribution in [0.4, 0.5) is 0 Å². The molecule has 0 radical (unpaired) electrons. The zero-order valence-electron chi connectivity index (χ0n) is 7.54. The van der Waals surface area contributed by atoms with E-state index in [0.717, 1.165) is 0 Å². The topological polar surface area (TPSA) is 27.7 Å². The van der Waals surface area contributed by atoms with Gasteiger partial charge < -0.3 is 14.2 Å². The van der Waals surface area contributed by atoms with Crippen molar-refractivity contribution in [1.29, 1.82) is 0 Å². The van der Waals surface area contributed by atoms with Gasteiger partial charge in [0.15, 0.2) is 18.3 Å². The van der Waals surface area contributed by atoms with Crippen molar-refractivity contribution in [3.05, 3.63) is 23.2 Å². The van der Waals surface area contributed by atoms with E-state index < -0.39 is 0 Å². The number of hydrogen-bond acceptors (Lipinski definition) is 3. The van der Waals surface area contributed by atoms with Gasteiger partial charge in [0.2, 0.25) is 0 Å². The fraction of sp³-hybridized carbons (Fsp3) is 0.333. The Hall–Kier alpha value is -0.930. The normalized spacial score (nSPS) is 9.77. The van der Waals surface area contributed by atoms with Gasteiger partial charge in [0, 0.05) is 18.2 Å². The molecular weight excluding hydrogens is 192 g/mol. The SMILES string of the molecule is COCOc1cc(Cl)ccc1OC. The van der Waals surface area contributed by atoms with E-state index in [1.54, 1.807) is 32.4 Å². The van der Waals surface area contributed by atoms with Crippen LogP contribution in [-0.2, 0) is 4.74 Å². The molecule has 0 saturated heterocycles. The van der Waals surface area contributed by atoms with E-state index >= 15 is 0 Å². The second-order valence-electron chi connectivity index (χ2n) is 2.35. The van der Waals surface area contributed by atoms with Crippen LogP contribution < -0.4 is 9.47 Å². The highest BCUT2D eigenvalue weighted by molar-refractivity contribution is 6.30. The number of hydrogen-bond donors (Lipinski definition) is 0. The third-order valence-corrected chi connectivity index (χ3v) is 1.69. The van der Waals surface area contributed by atoms with E-state index in [-0.39, 0.29) is 6.79 Å². The first-order valence-electron chi connectivity index (χ1n) is 3.73. The lowest BCUT2D eigenvalue weighted by atomic mass is 10.3. The summed E-state index contributed by atoms with van der Waals surface area (Å²) in [4.78, 5) is 0. The number of halogens is 1. The van der Waals surface area contributed by atoms with Gasteiger partial charge >= 0.3 is 0 Å². The lowest BCUT2D eigenvalue weighted by Crippen LogP contribution is -2.00. The highest BCUT2D eigenvalue weighted by Crippen LogP contribution is 2.29. The second kappa shape index (κ2) is 4.94. The monoisotopic (exact) mass is 202 g/mol. The van der Waals surface area contributed by atoms with Gasteiger partial charge in [-0.15, -0.1) is 0 Å². The Morgan fingerprint density at radius 3 is 2.62 bits per heavy atom. The van der Waals surface area contributed by atoms with E-state index in [4.69, 9.17) is 25.8 Å². The molecule has 0 spiro atoms. The molecule has 0 amide bonds. The molecule has 0 unspecified atom stereocenters. The Morgan fingerprint density at radius 2 is 2.00 bits per heavy atom. The van der Waals surface area contributed by atoms with Crippen molar-refractivity contribution in [3.63, 3.8) is 0 Å². The Kier molecular flexibility index (Phi) is 3.86. The third kappa shape index (κ3) is 2.79. The smallest absolute Gasteiger partial charge is 0.188 e. The molecule has 1 rings (SSSR count). The lowest BCUT2D eigenvalue weighted by molar-refractivity contribution is 0.0492. The van der Waals surface area contributed by atoms with Crippen molar-refractivity contribution < 1.29 is 14.2 Å². The maximum absolute atomic E-state index is 5.78. The molecule has 0 atom stereocenters. The summed E-state index contributed by atoms with van der Waals surface area (Å²) in [6.07, 6.45) is 0. The van der Waals surface area contributed by atoms with Gasteiger partial charge in [0.1, 0.15) is 0 Å². The second-order valence-corrected chi connectivity index (χ2v) is 2.78. The van der Waals surface area contributed by atoms with Crippen molar-refractivity contribution in [2.24, 2.45) is 0 Å². The zero-order valence-corrected chi connectivity index (χ0v) is 8.30. The van der Waals surface area contributed by atoms with Crippen LogP contribution in [0, 0.1) is 0 Å². The predicted octanol–water partition coefficient (Wildman–Crippen LogP) is 2.33. The first-order valence-corrected chi connectivity index (χ1v) is 4.11. The molecule has 0 N–H and O–H groups in total. The summed E-state index contributed by atoms with van der Waals surface area (Å²) in [6.45, 7) is 0.177. The molecule has 3 nitrogen and oxygen atoms in total. The van der Waals surface area contributed by atoms with Gasteiger partial charge in [-0.3, -0.25) is 0 Å². The molecule has 0 aliphatic heterocycles. The fourth-order valence-electron chi connectivity index (χ4n) is 0.886. The third-order valence-electron chi connectivity index (χ3n) is 1.46. The first-order chi connectivity index (χ1) is 6.27. The van der Waals surface area contributed by atoms with Gasteiger partial charge in [-0.2, -0.15) is 0 Å². The summed E-state index contributed by atoms with van der Waals surface area (Å²) in [5, 5.41) is 0.604. The van der Waals surface area contributed by atoms with Crippen molar-refractivity contribution >= 4 is 11.6 Å². The maximum Gasteiger partial charge on any atom is 0.188 e. The molecule has 0 aromatic heterocycles. The van der Waals surface area contributed by atoms with E-state index in [1.807, 2.05) is 0 Å². The first kappa shape index (κ1) is 10.2. The molecule has 0 aliphatic rings. The highest BCUT2D eigenvalue weighted by atomic mass is 35.5. The molecular formula is C9H11ClO3. The number of rotatable bonds is 4. The van der Waals surface area contributed by atoms with Crippen molar-refractivity contribution in [3.8, 4) is 11.5 Å². The molecule has 4 heteroatoms. The molecule has 13 heavy (non-hydrogen) atoms. The molecule has 0 heterocycles. The van der Waals surface area contributed by atoms with Crippen LogP contribution in [0.5, 0.6) is 11.5 Å². The van der Waals surface area contributed by atoms with E-state index in [9.17, 15) is 0 Å². The van der Waals surface area contributed by atoms with Crippen molar-refractivity contribution in [2.75, 3.05) is 21.0 Å².